The zero-order valence-electron chi connectivity index (χ0n) is 22.1. The number of para-hydroxylation sites is 1. The molecule has 0 spiro atoms. The molecule has 0 aromatic heterocycles. The summed E-state index contributed by atoms with van der Waals surface area (Å²) in [6.45, 7) is -0.00241. The monoisotopic (exact) mass is 609 g/mol. The average molecular weight is 610 g/mol. The summed E-state index contributed by atoms with van der Waals surface area (Å²) in [6.07, 6.45) is -9.14. The van der Waals surface area contributed by atoms with Crippen LogP contribution in [0.5, 0.6) is 5.75 Å². The Kier molecular flexibility index (Phi) is 8.95. The smallest absolute Gasteiger partial charge is 0.418 e. The Labute approximate surface area is 241 Å². The Bertz CT molecular complexity index is 1480. The molecule has 1 heterocycles. The number of amides is 1. The summed E-state index contributed by atoms with van der Waals surface area (Å²) in [6, 6.07) is 16.3. The van der Waals surface area contributed by atoms with Crippen LogP contribution >= 0.6 is 11.8 Å². The van der Waals surface area contributed by atoms with E-state index >= 15 is 0 Å². The molecule has 1 amide bonds. The molecule has 4 rings (SSSR count). The van der Waals surface area contributed by atoms with E-state index in [1.54, 1.807) is 36.4 Å². The van der Waals surface area contributed by atoms with E-state index in [0.29, 0.717) is 23.4 Å². The van der Waals surface area contributed by atoms with Crippen LogP contribution in [0.3, 0.4) is 0 Å². The maximum absolute atomic E-state index is 14.2. The van der Waals surface area contributed by atoms with Gasteiger partial charge in [-0.15, -0.1) is 0 Å². The van der Waals surface area contributed by atoms with Gasteiger partial charge in [0.2, 0.25) is 5.91 Å². The first-order chi connectivity index (χ1) is 19.8. The number of hydrogen-bond acceptors (Lipinski definition) is 4. The largest absolute Gasteiger partial charge is 0.496 e. The van der Waals surface area contributed by atoms with Crippen LogP contribution in [0.4, 0.5) is 26.3 Å². The molecule has 12 heteroatoms. The van der Waals surface area contributed by atoms with Crippen molar-refractivity contribution in [3.8, 4) is 5.75 Å². The van der Waals surface area contributed by atoms with E-state index in [1.165, 1.54) is 30.2 Å². The van der Waals surface area contributed by atoms with Crippen LogP contribution in [-0.4, -0.2) is 42.1 Å². The number of carboxylic acids is 1. The Morgan fingerprint density at radius 2 is 1.45 bits per heavy atom. The van der Waals surface area contributed by atoms with Crippen molar-refractivity contribution < 1.29 is 45.8 Å². The fourth-order valence-electron chi connectivity index (χ4n) is 4.99. The van der Waals surface area contributed by atoms with Gasteiger partial charge >= 0.3 is 18.3 Å². The van der Waals surface area contributed by atoms with Gasteiger partial charge in [-0.1, -0.05) is 60.3 Å². The summed E-state index contributed by atoms with van der Waals surface area (Å²) in [5.74, 6) is -1.60. The maximum atomic E-state index is 14.2. The van der Waals surface area contributed by atoms with Crippen molar-refractivity contribution in [2.24, 2.45) is 0 Å². The van der Waals surface area contributed by atoms with Crippen LogP contribution in [0.15, 0.2) is 82.6 Å². The van der Waals surface area contributed by atoms with Gasteiger partial charge in [-0.3, -0.25) is 9.59 Å². The van der Waals surface area contributed by atoms with Crippen molar-refractivity contribution in [3.05, 3.63) is 95.1 Å². The van der Waals surface area contributed by atoms with Crippen LogP contribution in [0, 0.1) is 0 Å². The Hall–Kier alpha value is -3.93. The van der Waals surface area contributed by atoms with Crippen molar-refractivity contribution in [2.45, 2.75) is 40.4 Å². The number of rotatable bonds is 7. The highest BCUT2D eigenvalue weighted by Gasteiger charge is 2.47. The summed E-state index contributed by atoms with van der Waals surface area (Å²) >= 11 is 0.486. The van der Waals surface area contributed by atoms with Crippen LogP contribution < -0.4 is 4.74 Å². The standard InChI is InChI=1S/C30H25F6NO4S/c1-41-21-9-5-6-10-22(21)42-23-13-11-19(25(29(31,32)33)26(23)30(34,35)36)12-14-24(38)37-17-15-28(16-18-37,27(39)40)20-7-3-2-4-8-20/h2-14H,15-18H2,1H3,(H,39,40)/b14-12+. The van der Waals surface area contributed by atoms with Gasteiger partial charge in [0.05, 0.1) is 28.5 Å². The summed E-state index contributed by atoms with van der Waals surface area (Å²) in [5, 5.41) is 9.94. The van der Waals surface area contributed by atoms with Crippen molar-refractivity contribution in [3.63, 3.8) is 0 Å². The SMILES string of the molecule is COc1ccccc1Sc1ccc(/C=C/C(=O)N2CCC(C(=O)O)(c3ccccc3)CC2)c(C(F)(F)F)c1C(F)(F)F. The molecule has 0 unspecified atom stereocenters. The number of hydrogen-bond donors (Lipinski definition) is 1. The second-order valence-electron chi connectivity index (χ2n) is 9.56. The number of alkyl halides is 6. The number of nitrogens with zero attached hydrogens (tertiary/aromatic N) is 1. The second-order valence-corrected chi connectivity index (χ2v) is 10.6. The molecule has 222 valence electrons. The van der Waals surface area contributed by atoms with E-state index in [0.717, 1.165) is 18.2 Å². The van der Waals surface area contributed by atoms with Gasteiger partial charge in [0, 0.05) is 24.1 Å². The van der Waals surface area contributed by atoms with Gasteiger partial charge in [-0.05, 0) is 48.2 Å². The lowest BCUT2D eigenvalue weighted by Gasteiger charge is -2.39. The molecule has 0 atom stereocenters. The minimum absolute atomic E-state index is 0.00121. The Morgan fingerprint density at radius 1 is 0.857 bits per heavy atom. The maximum Gasteiger partial charge on any atom is 0.418 e. The molecule has 1 saturated heterocycles. The molecular formula is C30H25F6NO4S. The molecule has 0 radical (unpaired) electrons. The summed E-state index contributed by atoms with van der Waals surface area (Å²) in [5.41, 5.74) is -5.27. The number of likely N-dealkylation sites (tertiary alicyclic amines) is 1. The number of halogens is 6. The lowest BCUT2D eigenvalue weighted by Crippen LogP contribution is -2.48. The highest BCUT2D eigenvalue weighted by molar-refractivity contribution is 7.99. The van der Waals surface area contributed by atoms with Crippen molar-refractivity contribution >= 4 is 29.7 Å². The lowest BCUT2D eigenvalue weighted by atomic mass is 9.73. The Balaban J connectivity index is 1.64. The number of methoxy groups -OCH3 is 1. The third kappa shape index (κ3) is 6.43. The van der Waals surface area contributed by atoms with Crippen LogP contribution in [0.25, 0.3) is 6.08 Å². The highest BCUT2D eigenvalue weighted by Crippen LogP contribution is 2.49. The molecule has 3 aromatic rings. The van der Waals surface area contributed by atoms with Gasteiger partial charge in [0.1, 0.15) is 5.75 Å². The Morgan fingerprint density at radius 3 is 2.02 bits per heavy atom. The van der Waals surface area contributed by atoms with Crippen molar-refractivity contribution in [1.82, 2.24) is 4.90 Å². The average Bonchev–Trinajstić information content (AvgIpc) is 2.95. The van der Waals surface area contributed by atoms with E-state index in [9.17, 15) is 41.0 Å². The summed E-state index contributed by atoms with van der Waals surface area (Å²) < 4.78 is 90.2. The molecule has 0 bridgehead atoms. The number of carbonyl (C=O) groups excluding carboxylic acids is 1. The fourth-order valence-corrected chi connectivity index (χ4v) is 6.08. The molecule has 1 N–H and O–H groups in total. The van der Waals surface area contributed by atoms with Gasteiger partial charge in [-0.2, -0.15) is 26.3 Å². The minimum atomic E-state index is -5.40. The van der Waals surface area contributed by atoms with Gasteiger partial charge in [-0.25, -0.2) is 0 Å². The normalized spacial score (nSPS) is 15.5. The topological polar surface area (TPSA) is 66.8 Å². The van der Waals surface area contributed by atoms with E-state index < -0.39 is 51.2 Å². The first-order valence-electron chi connectivity index (χ1n) is 12.7. The number of carbonyl (C=O) groups is 2. The zero-order valence-corrected chi connectivity index (χ0v) is 22.9. The molecule has 0 aliphatic carbocycles. The number of benzene rings is 3. The quantitative estimate of drug-likeness (QED) is 0.222. The molecule has 1 fully saturated rings. The van der Waals surface area contributed by atoms with E-state index in [2.05, 4.69) is 0 Å². The van der Waals surface area contributed by atoms with E-state index in [4.69, 9.17) is 4.74 Å². The van der Waals surface area contributed by atoms with Gasteiger partial charge < -0.3 is 14.7 Å². The number of piperidine rings is 1. The predicted octanol–water partition coefficient (Wildman–Crippen LogP) is 7.54. The summed E-state index contributed by atoms with van der Waals surface area (Å²) in [4.78, 5) is 25.8. The minimum Gasteiger partial charge on any atom is -0.496 e. The predicted molar refractivity (Wildman–Crippen MR) is 144 cm³/mol. The number of carboxylic acid groups (broad SMARTS) is 1. The molecule has 5 nitrogen and oxygen atoms in total. The second kappa shape index (κ2) is 12.1. The third-order valence-corrected chi connectivity index (χ3v) is 8.24. The van der Waals surface area contributed by atoms with Crippen molar-refractivity contribution in [1.29, 1.82) is 0 Å². The molecule has 1 aliphatic heterocycles. The van der Waals surface area contributed by atoms with Crippen LogP contribution in [-0.2, 0) is 27.4 Å². The molecular weight excluding hydrogens is 584 g/mol. The zero-order chi connectivity index (χ0) is 30.7. The first-order valence-corrected chi connectivity index (χ1v) is 13.5. The molecule has 3 aromatic carbocycles. The lowest BCUT2D eigenvalue weighted by molar-refractivity contribution is -0.163. The van der Waals surface area contributed by atoms with Gasteiger partial charge in [0.25, 0.3) is 0 Å². The molecule has 1 aliphatic rings. The van der Waals surface area contributed by atoms with Gasteiger partial charge in [0.15, 0.2) is 0 Å². The summed E-state index contributed by atoms with van der Waals surface area (Å²) in [7, 11) is 1.29. The van der Waals surface area contributed by atoms with Crippen molar-refractivity contribution in [2.75, 3.05) is 20.2 Å². The number of aliphatic carboxylic acids is 1. The highest BCUT2D eigenvalue weighted by atomic mass is 32.2. The number of ether oxygens (including phenoxy) is 1. The third-order valence-electron chi connectivity index (χ3n) is 7.13. The molecule has 0 saturated carbocycles. The van der Waals surface area contributed by atoms with Crippen LogP contribution in [0.1, 0.15) is 35.1 Å². The molecule has 42 heavy (non-hydrogen) atoms. The fraction of sp³-hybridized carbons (Fsp3) is 0.267. The van der Waals surface area contributed by atoms with E-state index in [1.807, 2.05) is 0 Å². The van der Waals surface area contributed by atoms with E-state index in [-0.39, 0.29) is 36.6 Å². The van der Waals surface area contributed by atoms with Crippen LogP contribution in [0.2, 0.25) is 0 Å². The first kappa shape index (κ1) is 31.0.